The highest BCUT2D eigenvalue weighted by atomic mass is 19.3. The Bertz CT molecular complexity index is 699. The summed E-state index contributed by atoms with van der Waals surface area (Å²) in [6.45, 7) is -3.28. The van der Waals surface area contributed by atoms with Crippen LogP contribution in [0.1, 0.15) is 0 Å². The maximum Gasteiger partial charge on any atom is 0.387 e. The molecule has 0 aliphatic carbocycles. The Morgan fingerprint density at radius 2 is 1.23 bits per heavy atom. The average Bonchev–Trinajstić information content (AvgIpc) is 2.45. The molecule has 0 heterocycles. The average molecular weight is 328 g/mol. The number of hydrogen-bond donors (Lipinski definition) is 0. The molecule has 2 rings (SSSR count). The second kappa shape index (κ2) is 5.82. The minimum Gasteiger partial charge on any atom is -0.435 e. The van der Waals surface area contributed by atoms with E-state index in [2.05, 4.69) is 4.74 Å². The topological polar surface area (TPSA) is 9.23 Å². The number of ether oxygens (including phenoxy) is 1. The van der Waals surface area contributed by atoms with E-state index in [0.29, 0.717) is 18.2 Å². The van der Waals surface area contributed by atoms with Crippen LogP contribution in [0.15, 0.2) is 18.2 Å². The molecule has 0 aromatic heterocycles. The van der Waals surface area contributed by atoms with Crippen LogP contribution in [0, 0.1) is 34.9 Å². The van der Waals surface area contributed by atoms with Gasteiger partial charge >= 0.3 is 6.61 Å². The fraction of sp³-hybridized carbons (Fsp3) is 0.0769. The zero-order valence-corrected chi connectivity index (χ0v) is 10.2. The molecule has 0 N–H and O–H groups in total. The third-order valence-electron chi connectivity index (χ3n) is 2.64. The Hall–Kier alpha value is -2.32. The minimum absolute atomic E-state index is 0.333. The summed E-state index contributed by atoms with van der Waals surface area (Å²) in [5.41, 5.74) is -2.49. The van der Waals surface area contributed by atoms with Gasteiger partial charge in [-0.1, -0.05) is 0 Å². The summed E-state index contributed by atoms with van der Waals surface area (Å²) in [6, 6.07) is 1.59. The van der Waals surface area contributed by atoms with Gasteiger partial charge in [0.15, 0.2) is 23.3 Å². The van der Waals surface area contributed by atoms with Crippen molar-refractivity contribution in [2.24, 2.45) is 0 Å². The monoisotopic (exact) mass is 328 g/mol. The Kier molecular flexibility index (Phi) is 4.25. The molecule has 0 saturated heterocycles. The minimum atomic E-state index is -3.28. The van der Waals surface area contributed by atoms with Crippen molar-refractivity contribution in [3.05, 3.63) is 53.1 Å². The number of hydrogen-bond acceptors (Lipinski definition) is 1. The normalized spacial score (nSPS) is 11.1. The number of halogens is 8. The Morgan fingerprint density at radius 1 is 0.727 bits per heavy atom. The predicted octanol–water partition coefficient (Wildman–Crippen LogP) is 4.79. The van der Waals surface area contributed by atoms with Crippen LogP contribution in [0.2, 0.25) is 0 Å². The molecule has 0 aliphatic heterocycles. The number of benzene rings is 2. The van der Waals surface area contributed by atoms with Crippen LogP contribution in [0.5, 0.6) is 5.75 Å². The van der Waals surface area contributed by atoms with Crippen molar-refractivity contribution in [1.82, 2.24) is 0 Å². The molecule has 0 unspecified atom stereocenters. The first-order valence-corrected chi connectivity index (χ1v) is 5.50. The largest absolute Gasteiger partial charge is 0.435 e. The SMILES string of the molecule is Fc1cc(OC(F)F)ccc1-c1c(F)c(F)c(F)c(F)c1F. The summed E-state index contributed by atoms with van der Waals surface area (Å²) in [7, 11) is 0. The second-order valence-corrected chi connectivity index (χ2v) is 3.97. The summed E-state index contributed by atoms with van der Waals surface area (Å²) in [5, 5.41) is 0. The van der Waals surface area contributed by atoms with Gasteiger partial charge in [0, 0.05) is 11.6 Å². The molecule has 9 heteroatoms. The van der Waals surface area contributed by atoms with E-state index < -0.39 is 58.4 Å². The number of alkyl halides is 2. The smallest absolute Gasteiger partial charge is 0.387 e. The van der Waals surface area contributed by atoms with Crippen molar-refractivity contribution in [2.75, 3.05) is 0 Å². The lowest BCUT2D eigenvalue weighted by Crippen LogP contribution is -2.06. The first-order chi connectivity index (χ1) is 10.2. The lowest BCUT2D eigenvalue weighted by molar-refractivity contribution is -0.0499. The van der Waals surface area contributed by atoms with Crippen molar-refractivity contribution in [3.63, 3.8) is 0 Å². The maximum absolute atomic E-state index is 13.7. The first kappa shape index (κ1) is 16.1. The zero-order chi connectivity index (χ0) is 16.6. The molecule has 0 fully saturated rings. The highest BCUT2D eigenvalue weighted by Gasteiger charge is 2.28. The molecule has 1 nitrogen and oxygen atoms in total. The van der Waals surface area contributed by atoms with Gasteiger partial charge in [0.05, 0.1) is 5.56 Å². The van der Waals surface area contributed by atoms with E-state index in [1.165, 1.54) is 0 Å². The van der Waals surface area contributed by atoms with Crippen molar-refractivity contribution in [3.8, 4) is 16.9 Å². The van der Waals surface area contributed by atoms with Gasteiger partial charge in [-0.3, -0.25) is 0 Å². The first-order valence-electron chi connectivity index (χ1n) is 5.50. The Balaban J connectivity index is 2.63. The molecule has 0 saturated carbocycles. The summed E-state index contributed by atoms with van der Waals surface area (Å²) < 4.78 is 108. The zero-order valence-electron chi connectivity index (χ0n) is 10.2. The second-order valence-electron chi connectivity index (χ2n) is 3.97. The van der Waals surface area contributed by atoms with Gasteiger partial charge in [0.1, 0.15) is 11.6 Å². The van der Waals surface area contributed by atoms with Crippen LogP contribution in [0.3, 0.4) is 0 Å². The predicted molar refractivity (Wildman–Crippen MR) is 58.3 cm³/mol. The van der Waals surface area contributed by atoms with Gasteiger partial charge in [0.2, 0.25) is 5.82 Å². The molecule has 118 valence electrons. The lowest BCUT2D eigenvalue weighted by Gasteiger charge is -2.11. The van der Waals surface area contributed by atoms with E-state index in [-0.39, 0.29) is 0 Å². The van der Waals surface area contributed by atoms with Gasteiger partial charge < -0.3 is 4.74 Å². The van der Waals surface area contributed by atoms with Gasteiger partial charge in [-0.25, -0.2) is 26.3 Å². The van der Waals surface area contributed by atoms with Crippen molar-refractivity contribution in [2.45, 2.75) is 6.61 Å². The quantitative estimate of drug-likeness (QED) is 0.447. The van der Waals surface area contributed by atoms with E-state index >= 15 is 0 Å². The van der Waals surface area contributed by atoms with E-state index in [1.54, 1.807) is 0 Å². The summed E-state index contributed by atoms with van der Waals surface area (Å²) in [6.07, 6.45) is 0. The molecule has 0 aliphatic rings. The molecule has 2 aromatic carbocycles. The van der Waals surface area contributed by atoms with Gasteiger partial charge in [-0.05, 0) is 12.1 Å². The molecule has 0 radical (unpaired) electrons. The van der Waals surface area contributed by atoms with Gasteiger partial charge in [-0.15, -0.1) is 0 Å². The highest BCUT2D eigenvalue weighted by Crippen LogP contribution is 2.34. The molecule has 2 aromatic rings. The standard InChI is InChI=1S/C13H4F8O/c14-6-3-4(22-13(20)21)1-2-5(6)7-8(15)10(17)12(19)11(18)9(7)16/h1-3,13H. The number of rotatable bonds is 3. The summed E-state index contributed by atoms with van der Waals surface area (Å²) in [5.74, 6) is -13.5. The Labute approximate surface area is 117 Å². The molecule has 0 amide bonds. The third kappa shape index (κ3) is 2.70. The molecule has 0 spiro atoms. The van der Waals surface area contributed by atoms with Crippen LogP contribution in [-0.2, 0) is 0 Å². The third-order valence-corrected chi connectivity index (χ3v) is 2.64. The maximum atomic E-state index is 13.7. The van der Waals surface area contributed by atoms with E-state index in [0.717, 1.165) is 0 Å². The van der Waals surface area contributed by atoms with Crippen LogP contribution in [0.4, 0.5) is 35.1 Å². The van der Waals surface area contributed by atoms with Gasteiger partial charge in [-0.2, -0.15) is 8.78 Å². The van der Waals surface area contributed by atoms with E-state index in [1.807, 2.05) is 0 Å². The van der Waals surface area contributed by atoms with E-state index in [9.17, 15) is 35.1 Å². The molecular formula is C13H4F8O. The highest BCUT2D eigenvalue weighted by molar-refractivity contribution is 5.66. The van der Waals surface area contributed by atoms with Crippen molar-refractivity contribution < 1.29 is 39.9 Å². The van der Waals surface area contributed by atoms with Crippen LogP contribution in [-0.4, -0.2) is 6.61 Å². The van der Waals surface area contributed by atoms with Crippen LogP contribution < -0.4 is 4.74 Å². The van der Waals surface area contributed by atoms with E-state index in [4.69, 9.17) is 0 Å². The van der Waals surface area contributed by atoms with Crippen LogP contribution in [0.25, 0.3) is 11.1 Å². The summed E-state index contributed by atoms with van der Waals surface area (Å²) in [4.78, 5) is 0. The fourth-order valence-electron chi connectivity index (χ4n) is 1.72. The van der Waals surface area contributed by atoms with Crippen molar-refractivity contribution >= 4 is 0 Å². The molecule has 0 bridgehead atoms. The summed E-state index contributed by atoms with van der Waals surface area (Å²) >= 11 is 0. The fourth-order valence-corrected chi connectivity index (χ4v) is 1.72. The lowest BCUT2D eigenvalue weighted by atomic mass is 10.0. The van der Waals surface area contributed by atoms with Crippen LogP contribution >= 0.6 is 0 Å². The molecule has 22 heavy (non-hydrogen) atoms. The van der Waals surface area contributed by atoms with Gasteiger partial charge in [0.25, 0.3) is 0 Å². The van der Waals surface area contributed by atoms with Crippen molar-refractivity contribution in [1.29, 1.82) is 0 Å². The molecular weight excluding hydrogens is 324 g/mol. The Morgan fingerprint density at radius 3 is 1.68 bits per heavy atom. The molecule has 0 atom stereocenters.